The van der Waals surface area contributed by atoms with Gasteiger partial charge in [0.1, 0.15) is 18.1 Å². The van der Waals surface area contributed by atoms with Gasteiger partial charge in [0.2, 0.25) is 5.91 Å². The fourth-order valence-corrected chi connectivity index (χ4v) is 3.99. The lowest BCUT2D eigenvalue weighted by Gasteiger charge is -2.31. The van der Waals surface area contributed by atoms with E-state index in [-0.39, 0.29) is 37.1 Å². The van der Waals surface area contributed by atoms with Crippen molar-refractivity contribution in [3.05, 3.63) is 101 Å². The maximum atomic E-state index is 13.5. The van der Waals surface area contributed by atoms with E-state index in [2.05, 4.69) is 9.97 Å². The second kappa shape index (κ2) is 9.19. The van der Waals surface area contributed by atoms with E-state index in [1.165, 1.54) is 4.90 Å². The summed E-state index contributed by atoms with van der Waals surface area (Å²) in [6, 6.07) is 23.7. The molecule has 0 fully saturated rings. The Bertz CT molecular complexity index is 1420. The first kappa shape index (κ1) is 21.4. The largest absolute Gasteiger partial charge is 0.482 e. The number of rotatable bonds is 6. The van der Waals surface area contributed by atoms with Crippen molar-refractivity contribution < 1.29 is 14.3 Å². The Hall–Kier alpha value is -4.46. The fourth-order valence-electron chi connectivity index (χ4n) is 3.99. The van der Waals surface area contributed by atoms with E-state index in [4.69, 9.17) is 4.74 Å². The van der Waals surface area contributed by atoms with Gasteiger partial charge < -0.3 is 14.6 Å². The number of aromatic amines is 1. The van der Waals surface area contributed by atoms with E-state index in [1.54, 1.807) is 41.3 Å². The normalized spacial score (nSPS) is 12.8. The lowest BCUT2D eigenvalue weighted by Crippen LogP contribution is -2.46. The summed E-state index contributed by atoms with van der Waals surface area (Å²) in [6.45, 7) is 0.122. The Morgan fingerprint density at radius 3 is 2.53 bits per heavy atom. The molecular weight excluding hydrogens is 432 g/mol. The van der Waals surface area contributed by atoms with Crippen LogP contribution in [-0.2, 0) is 22.7 Å². The third-order valence-electron chi connectivity index (χ3n) is 5.67. The smallest absolute Gasteiger partial charge is 0.265 e. The topological polar surface area (TPSA) is 95.6 Å². The molecule has 3 aromatic carbocycles. The zero-order chi connectivity index (χ0) is 23.5. The molecule has 0 radical (unpaired) electrons. The van der Waals surface area contributed by atoms with Crippen molar-refractivity contribution in [1.82, 2.24) is 14.9 Å². The van der Waals surface area contributed by atoms with Gasteiger partial charge in [0.25, 0.3) is 11.5 Å². The molecule has 0 aliphatic carbocycles. The van der Waals surface area contributed by atoms with Crippen LogP contribution in [0.25, 0.3) is 10.9 Å². The number of para-hydroxylation sites is 3. The number of H-pyrrole nitrogens is 1. The number of carbonyl (C=O) groups excluding carboxylic acids is 2. The van der Waals surface area contributed by atoms with Gasteiger partial charge in [0.05, 0.1) is 23.1 Å². The summed E-state index contributed by atoms with van der Waals surface area (Å²) < 4.78 is 5.49. The number of anilines is 1. The summed E-state index contributed by atoms with van der Waals surface area (Å²) in [7, 11) is 0. The predicted octanol–water partition coefficient (Wildman–Crippen LogP) is 2.88. The van der Waals surface area contributed by atoms with E-state index in [9.17, 15) is 14.4 Å². The van der Waals surface area contributed by atoms with Gasteiger partial charge in [-0.1, -0.05) is 54.6 Å². The molecule has 170 valence electrons. The van der Waals surface area contributed by atoms with Crippen LogP contribution in [0.4, 0.5) is 5.69 Å². The number of hydrogen-bond donors (Lipinski definition) is 1. The molecule has 0 unspecified atom stereocenters. The highest BCUT2D eigenvalue weighted by atomic mass is 16.5. The minimum Gasteiger partial charge on any atom is -0.482 e. The molecule has 1 aliphatic heterocycles. The molecule has 8 nitrogen and oxygen atoms in total. The number of benzene rings is 3. The molecule has 8 heteroatoms. The molecule has 0 saturated heterocycles. The number of nitrogens with zero attached hydrogens (tertiary/aromatic N) is 3. The quantitative estimate of drug-likeness (QED) is 0.483. The standard InChI is InChI=1S/C26H22N4O4/c31-24(16-30-21-12-6-7-13-22(21)34-17-25(30)32)29(14-18-8-2-1-3-9-18)15-23-27-20-11-5-4-10-19(20)26(33)28-23/h1-13H,14-17H2,(H,27,28,33). The lowest BCUT2D eigenvalue weighted by molar-refractivity contribution is -0.133. The molecule has 34 heavy (non-hydrogen) atoms. The number of carbonyl (C=O) groups is 2. The van der Waals surface area contributed by atoms with Gasteiger partial charge in [-0.25, -0.2) is 4.98 Å². The van der Waals surface area contributed by atoms with Crippen LogP contribution in [0.1, 0.15) is 11.4 Å². The van der Waals surface area contributed by atoms with Gasteiger partial charge >= 0.3 is 0 Å². The highest BCUT2D eigenvalue weighted by Gasteiger charge is 2.29. The summed E-state index contributed by atoms with van der Waals surface area (Å²) in [4.78, 5) is 49.0. The molecule has 1 N–H and O–H groups in total. The van der Waals surface area contributed by atoms with Crippen molar-refractivity contribution in [2.75, 3.05) is 18.1 Å². The molecule has 0 saturated carbocycles. The molecular formula is C26H22N4O4. The van der Waals surface area contributed by atoms with Crippen molar-refractivity contribution in [3.63, 3.8) is 0 Å². The van der Waals surface area contributed by atoms with Crippen LogP contribution in [0.3, 0.4) is 0 Å². The first-order valence-corrected chi connectivity index (χ1v) is 10.9. The maximum absolute atomic E-state index is 13.5. The number of amides is 2. The molecule has 0 atom stereocenters. The van der Waals surface area contributed by atoms with Crippen molar-refractivity contribution in [2.45, 2.75) is 13.1 Å². The Kier molecular flexibility index (Phi) is 5.78. The molecule has 1 aliphatic rings. The van der Waals surface area contributed by atoms with Crippen molar-refractivity contribution in [3.8, 4) is 5.75 Å². The zero-order valence-corrected chi connectivity index (χ0v) is 18.3. The summed E-state index contributed by atoms with van der Waals surface area (Å²) in [5, 5.41) is 0.489. The first-order valence-electron chi connectivity index (χ1n) is 10.9. The van der Waals surface area contributed by atoms with E-state index in [0.717, 1.165) is 5.56 Å². The molecule has 0 bridgehead atoms. The molecule has 5 rings (SSSR count). The van der Waals surface area contributed by atoms with E-state index in [1.807, 2.05) is 42.5 Å². The summed E-state index contributed by atoms with van der Waals surface area (Å²) in [5.41, 5.74) is 1.78. The number of aromatic nitrogens is 2. The minimum atomic E-state index is -0.288. The zero-order valence-electron chi connectivity index (χ0n) is 18.3. The van der Waals surface area contributed by atoms with Crippen LogP contribution in [0.15, 0.2) is 83.7 Å². The van der Waals surface area contributed by atoms with Crippen LogP contribution in [0, 0.1) is 0 Å². The van der Waals surface area contributed by atoms with Gasteiger partial charge in [-0.15, -0.1) is 0 Å². The lowest BCUT2D eigenvalue weighted by atomic mass is 10.2. The number of ether oxygens (including phenoxy) is 1. The Balaban J connectivity index is 1.45. The Labute approximate surface area is 195 Å². The van der Waals surface area contributed by atoms with Gasteiger partial charge in [-0.05, 0) is 29.8 Å². The molecule has 1 aromatic heterocycles. The predicted molar refractivity (Wildman–Crippen MR) is 127 cm³/mol. The second-order valence-electron chi connectivity index (χ2n) is 8.00. The van der Waals surface area contributed by atoms with Crippen LogP contribution in [0.5, 0.6) is 5.75 Å². The highest BCUT2D eigenvalue weighted by molar-refractivity contribution is 6.02. The summed E-state index contributed by atoms with van der Waals surface area (Å²) >= 11 is 0. The molecule has 0 spiro atoms. The molecule has 2 heterocycles. The average Bonchev–Trinajstić information content (AvgIpc) is 2.86. The number of nitrogens with one attached hydrogen (secondary N) is 1. The van der Waals surface area contributed by atoms with Crippen molar-refractivity contribution >= 4 is 28.4 Å². The van der Waals surface area contributed by atoms with Crippen LogP contribution in [0.2, 0.25) is 0 Å². The third-order valence-corrected chi connectivity index (χ3v) is 5.67. The fraction of sp³-hybridized carbons (Fsp3) is 0.154. The van der Waals surface area contributed by atoms with Crippen molar-refractivity contribution in [2.24, 2.45) is 0 Å². The van der Waals surface area contributed by atoms with Crippen LogP contribution in [-0.4, -0.2) is 39.8 Å². The van der Waals surface area contributed by atoms with E-state index in [0.29, 0.717) is 34.7 Å². The van der Waals surface area contributed by atoms with Crippen molar-refractivity contribution in [1.29, 1.82) is 0 Å². The Morgan fingerprint density at radius 2 is 1.68 bits per heavy atom. The Morgan fingerprint density at radius 1 is 0.941 bits per heavy atom. The minimum absolute atomic E-state index is 0.0912. The SMILES string of the molecule is O=C(CN1C(=O)COc2ccccc21)N(Cc1ccccc1)Cc1nc2ccccc2c(=O)[nH]1. The van der Waals surface area contributed by atoms with Gasteiger partial charge in [0.15, 0.2) is 6.61 Å². The van der Waals surface area contributed by atoms with E-state index >= 15 is 0 Å². The second-order valence-corrected chi connectivity index (χ2v) is 8.00. The summed E-state index contributed by atoms with van der Waals surface area (Å²) in [5.74, 6) is 0.375. The highest BCUT2D eigenvalue weighted by Crippen LogP contribution is 2.31. The van der Waals surface area contributed by atoms with Gasteiger partial charge in [-0.3, -0.25) is 19.3 Å². The molecule has 2 amide bonds. The first-order chi connectivity index (χ1) is 16.6. The van der Waals surface area contributed by atoms with Gasteiger partial charge in [-0.2, -0.15) is 0 Å². The average molecular weight is 454 g/mol. The number of hydrogen-bond acceptors (Lipinski definition) is 5. The van der Waals surface area contributed by atoms with Gasteiger partial charge in [0, 0.05) is 6.54 Å². The maximum Gasteiger partial charge on any atom is 0.265 e. The summed E-state index contributed by atoms with van der Waals surface area (Å²) in [6.07, 6.45) is 0. The van der Waals surface area contributed by atoms with Crippen LogP contribution >= 0.6 is 0 Å². The number of fused-ring (bicyclic) bond motifs is 2. The molecule has 4 aromatic rings. The van der Waals surface area contributed by atoms with E-state index < -0.39 is 0 Å². The third kappa shape index (κ3) is 4.38. The van der Waals surface area contributed by atoms with Crippen LogP contribution < -0.4 is 15.2 Å². The monoisotopic (exact) mass is 454 g/mol.